The van der Waals surface area contributed by atoms with E-state index in [1.807, 2.05) is 6.07 Å². The van der Waals surface area contributed by atoms with Crippen molar-refractivity contribution < 1.29 is 24.2 Å². The van der Waals surface area contributed by atoms with Crippen LogP contribution in [0.2, 0.25) is 0 Å². The Morgan fingerprint density at radius 2 is 1.71 bits per heavy atom. The van der Waals surface area contributed by atoms with Gasteiger partial charge in [0, 0.05) is 5.92 Å². The smallest absolute Gasteiger partial charge is 0.00806 e. The van der Waals surface area contributed by atoms with Crippen molar-refractivity contribution in [2.24, 2.45) is 0 Å². The molecule has 0 amide bonds. The molecule has 0 saturated carbocycles. The van der Waals surface area contributed by atoms with Crippen molar-refractivity contribution in [1.29, 1.82) is 0 Å². The molecule has 0 bridgehead atoms. The summed E-state index contributed by atoms with van der Waals surface area (Å²) in [4.78, 5) is 0. The van der Waals surface area contributed by atoms with E-state index in [2.05, 4.69) is 74.5 Å². The Kier molecular flexibility index (Phi) is 7.97. The Balaban J connectivity index is 0.000000438. The molecule has 1 atom stereocenters. The van der Waals surface area contributed by atoms with E-state index < -0.39 is 0 Å². The predicted molar refractivity (Wildman–Crippen MR) is 104 cm³/mol. The fraction of sp³-hybridized carbons (Fsp3) is 0.174. The summed E-state index contributed by atoms with van der Waals surface area (Å²) in [7, 11) is 0. The van der Waals surface area contributed by atoms with E-state index in [1.165, 1.54) is 31.0 Å². The SMILES string of the molecule is C[C](C)=[Zr].[CH3-].[CH3-].[c-]1cccc2c1C(C1=CC=CC1)c1ccccc1-2. The summed E-state index contributed by atoms with van der Waals surface area (Å²) < 4.78 is 1.51. The van der Waals surface area contributed by atoms with Crippen LogP contribution in [-0.2, 0) is 24.2 Å². The first-order valence-electron chi connectivity index (χ1n) is 7.65. The van der Waals surface area contributed by atoms with E-state index in [4.69, 9.17) is 0 Å². The molecule has 0 aliphatic heterocycles. The molecule has 0 radical (unpaired) electrons. The quantitative estimate of drug-likeness (QED) is 0.512. The van der Waals surface area contributed by atoms with Gasteiger partial charge in [0.05, 0.1) is 0 Å². The van der Waals surface area contributed by atoms with Crippen LogP contribution in [0.5, 0.6) is 0 Å². The molecule has 0 aromatic heterocycles. The van der Waals surface area contributed by atoms with Crippen LogP contribution in [0.15, 0.2) is 66.3 Å². The van der Waals surface area contributed by atoms with Crippen molar-refractivity contribution in [3.05, 3.63) is 98.3 Å². The van der Waals surface area contributed by atoms with Gasteiger partial charge in [-0.1, -0.05) is 53.6 Å². The first-order chi connectivity index (χ1) is 10.7. The summed E-state index contributed by atoms with van der Waals surface area (Å²) in [6.07, 6.45) is 7.73. The van der Waals surface area contributed by atoms with Gasteiger partial charge in [-0.15, -0.1) is 11.1 Å². The van der Waals surface area contributed by atoms with E-state index in [0.29, 0.717) is 5.92 Å². The molecule has 2 aliphatic rings. The van der Waals surface area contributed by atoms with Crippen molar-refractivity contribution in [2.75, 3.05) is 0 Å². The van der Waals surface area contributed by atoms with Gasteiger partial charge in [0.2, 0.25) is 0 Å². The van der Waals surface area contributed by atoms with Gasteiger partial charge < -0.3 is 14.9 Å². The molecule has 0 N–H and O–H groups in total. The molecule has 1 heteroatoms. The molecule has 0 spiro atoms. The Morgan fingerprint density at radius 3 is 2.38 bits per heavy atom. The minimum Gasteiger partial charge on any atom is -0.358 e. The zero-order valence-corrected chi connectivity index (χ0v) is 17.5. The molecule has 0 fully saturated rings. The number of allylic oxidation sites excluding steroid dienone is 4. The van der Waals surface area contributed by atoms with Crippen LogP contribution in [0.4, 0.5) is 0 Å². The van der Waals surface area contributed by atoms with Crippen LogP contribution in [0.25, 0.3) is 11.1 Å². The van der Waals surface area contributed by atoms with E-state index in [-0.39, 0.29) is 14.9 Å². The molecule has 2 aromatic carbocycles. The van der Waals surface area contributed by atoms with Crippen LogP contribution < -0.4 is 0 Å². The maximum Gasteiger partial charge on any atom is 0.00806 e. The number of rotatable bonds is 1. The third-order valence-corrected chi connectivity index (χ3v) is 3.91. The van der Waals surface area contributed by atoms with Crippen molar-refractivity contribution in [3.63, 3.8) is 0 Å². The monoisotopic (exact) mass is 391 g/mol. The van der Waals surface area contributed by atoms with Crippen LogP contribution in [0, 0.1) is 20.9 Å². The third-order valence-electron chi connectivity index (χ3n) is 3.91. The van der Waals surface area contributed by atoms with Crippen LogP contribution in [-0.4, -0.2) is 3.21 Å². The summed E-state index contributed by atoms with van der Waals surface area (Å²) >= 11 is 1.55. The summed E-state index contributed by atoms with van der Waals surface area (Å²) in [5, 5.41) is 0. The van der Waals surface area contributed by atoms with E-state index in [1.54, 1.807) is 24.2 Å². The molecular weight excluding hydrogens is 367 g/mol. The summed E-state index contributed by atoms with van der Waals surface area (Å²) in [5.41, 5.74) is 7.00. The fourth-order valence-electron chi connectivity index (χ4n) is 3.14. The first kappa shape index (κ1) is 20.7. The van der Waals surface area contributed by atoms with Gasteiger partial charge in [0.15, 0.2) is 0 Å². The van der Waals surface area contributed by atoms with Gasteiger partial charge in [-0.3, -0.25) is 0 Å². The summed E-state index contributed by atoms with van der Waals surface area (Å²) in [6.45, 7) is 4.25. The maximum atomic E-state index is 3.45. The molecule has 0 saturated heterocycles. The topological polar surface area (TPSA) is 0 Å². The van der Waals surface area contributed by atoms with Gasteiger partial charge in [0.1, 0.15) is 0 Å². The third kappa shape index (κ3) is 4.19. The molecule has 124 valence electrons. The van der Waals surface area contributed by atoms with Gasteiger partial charge in [-0.2, -0.15) is 24.3 Å². The number of hydrogen-bond acceptors (Lipinski definition) is 0. The van der Waals surface area contributed by atoms with Crippen LogP contribution in [0.3, 0.4) is 0 Å². The van der Waals surface area contributed by atoms with Gasteiger partial charge in [-0.05, 0) is 12.0 Å². The maximum absolute atomic E-state index is 3.45. The summed E-state index contributed by atoms with van der Waals surface area (Å²) in [5.74, 6) is 0.410. The molecule has 2 aromatic rings. The largest absolute Gasteiger partial charge is 0.358 e. The molecular formula is C23H25Zr-3. The van der Waals surface area contributed by atoms with Crippen molar-refractivity contribution in [2.45, 2.75) is 26.2 Å². The zero-order chi connectivity index (χ0) is 15.5. The molecule has 0 nitrogen and oxygen atoms in total. The van der Waals surface area contributed by atoms with Crippen LogP contribution in [0.1, 0.15) is 37.3 Å². The Bertz CT molecular complexity index is 716. The van der Waals surface area contributed by atoms with Crippen molar-refractivity contribution in [1.82, 2.24) is 0 Å². The molecule has 4 rings (SSSR count). The average molecular weight is 393 g/mol. The van der Waals surface area contributed by atoms with Crippen molar-refractivity contribution in [3.8, 4) is 11.1 Å². The minimum absolute atomic E-state index is 0. The fourth-order valence-corrected chi connectivity index (χ4v) is 3.14. The Hall–Kier alpha value is -1.33. The van der Waals surface area contributed by atoms with Crippen molar-refractivity contribution >= 4 is 3.21 Å². The minimum atomic E-state index is 0. The average Bonchev–Trinajstić information content (AvgIpc) is 3.11. The Labute approximate surface area is 162 Å². The molecule has 24 heavy (non-hydrogen) atoms. The van der Waals surface area contributed by atoms with Gasteiger partial charge >= 0.3 is 41.3 Å². The standard InChI is InChI=1S/C18H13.C3H6.2CH3.Zr/c1-2-8-13(7-1)18-16-11-5-3-9-14(16)15-10-4-6-12-17(15)18;1-3-2;;;/h1-7,9-11,18H,8H2;1-2H3;2*1H3;/q-1;;2*-1;. The van der Waals surface area contributed by atoms with Crippen LogP contribution >= 0.6 is 0 Å². The summed E-state index contributed by atoms with van der Waals surface area (Å²) in [6, 6.07) is 18.5. The van der Waals surface area contributed by atoms with Gasteiger partial charge in [-0.25, -0.2) is 0 Å². The number of fused-ring (bicyclic) bond motifs is 3. The zero-order valence-electron chi connectivity index (χ0n) is 15.1. The second-order valence-electron chi connectivity index (χ2n) is 5.89. The molecule has 0 heterocycles. The second-order valence-corrected chi connectivity index (χ2v) is 8.35. The van der Waals surface area contributed by atoms with E-state index in [0.717, 1.165) is 6.42 Å². The first-order valence-corrected chi connectivity index (χ1v) is 8.88. The number of hydrogen-bond donors (Lipinski definition) is 0. The second kappa shape index (κ2) is 9.23. The normalized spacial score (nSPS) is 15.7. The molecule has 1 unspecified atom stereocenters. The van der Waals surface area contributed by atoms with E-state index >= 15 is 0 Å². The predicted octanol–water partition coefficient (Wildman–Crippen LogP) is 6.13. The Morgan fingerprint density at radius 1 is 1.04 bits per heavy atom. The molecule has 2 aliphatic carbocycles. The van der Waals surface area contributed by atoms with Gasteiger partial charge in [0.25, 0.3) is 0 Å². The number of benzene rings is 2. The van der Waals surface area contributed by atoms with E-state index in [9.17, 15) is 0 Å².